The fourth-order valence-electron chi connectivity index (χ4n) is 1.43. The Morgan fingerprint density at radius 2 is 2.35 bits per heavy atom. The number of nitrogens with zero attached hydrogens (tertiary/aromatic N) is 4. The van der Waals surface area contributed by atoms with Crippen LogP contribution in [0, 0.1) is 5.82 Å². The summed E-state index contributed by atoms with van der Waals surface area (Å²) in [4.78, 5) is 8.34. The Labute approximate surface area is 100.0 Å². The minimum absolute atomic E-state index is 0.339. The molecule has 0 bridgehead atoms. The van der Waals surface area contributed by atoms with Crippen molar-refractivity contribution in [3.05, 3.63) is 40.7 Å². The van der Waals surface area contributed by atoms with E-state index in [0.717, 1.165) is 5.01 Å². The molecule has 0 spiro atoms. The third-order valence-electron chi connectivity index (χ3n) is 2.18. The third kappa shape index (κ3) is 2.09. The molecule has 17 heavy (non-hydrogen) atoms. The summed E-state index contributed by atoms with van der Waals surface area (Å²) in [5.41, 5.74) is 0.605. The highest BCUT2D eigenvalue weighted by atomic mass is 32.1. The van der Waals surface area contributed by atoms with Crippen LogP contribution in [-0.2, 0) is 6.54 Å². The lowest BCUT2D eigenvalue weighted by Crippen LogP contribution is -2.00. The van der Waals surface area contributed by atoms with Gasteiger partial charge in [-0.15, -0.1) is 16.4 Å². The van der Waals surface area contributed by atoms with Crippen LogP contribution in [0.4, 0.5) is 10.3 Å². The lowest BCUT2D eigenvalue weighted by atomic mass is 10.5. The molecule has 0 fully saturated rings. The van der Waals surface area contributed by atoms with Crippen LogP contribution in [0.5, 0.6) is 0 Å². The SMILES string of the molecule is Fc1ccc2nc(NCc3nccs3)nn2c1. The maximum Gasteiger partial charge on any atom is 0.243 e. The molecule has 0 saturated carbocycles. The van der Waals surface area contributed by atoms with E-state index in [1.54, 1.807) is 23.6 Å². The number of pyridine rings is 1. The van der Waals surface area contributed by atoms with Gasteiger partial charge in [0.15, 0.2) is 5.65 Å². The Balaban J connectivity index is 1.81. The van der Waals surface area contributed by atoms with E-state index in [-0.39, 0.29) is 5.82 Å². The molecule has 0 aliphatic carbocycles. The van der Waals surface area contributed by atoms with Gasteiger partial charge >= 0.3 is 0 Å². The Morgan fingerprint density at radius 3 is 3.18 bits per heavy atom. The average Bonchev–Trinajstić information content (AvgIpc) is 2.94. The monoisotopic (exact) mass is 249 g/mol. The van der Waals surface area contributed by atoms with Crippen molar-refractivity contribution < 1.29 is 4.39 Å². The molecule has 0 unspecified atom stereocenters. The Morgan fingerprint density at radius 1 is 1.41 bits per heavy atom. The fourth-order valence-corrected chi connectivity index (χ4v) is 1.98. The van der Waals surface area contributed by atoms with Crippen LogP contribution in [0.25, 0.3) is 5.65 Å². The van der Waals surface area contributed by atoms with Gasteiger partial charge in [0.2, 0.25) is 5.95 Å². The average molecular weight is 249 g/mol. The van der Waals surface area contributed by atoms with Crippen LogP contribution in [0.2, 0.25) is 0 Å². The van der Waals surface area contributed by atoms with E-state index >= 15 is 0 Å². The van der Waals surface area contributed by atoms with Crippen LogP contribution in [0.15, 0.2) is 29.9 Å². The predicted octanol–water partition coefficient (Wildman–Crippen LogP) is 1.94. The molecule has 0 atom stereocenters. The van der Waals surface area contributed by atoms with Crippen molar-refractivity contribution in [2.24, 2.45) is 0 Å². The molecule has 86 valence electrons. The summed E-state index contributed by atoms with van der Waals surface area (Å²) in [6, 6.07) is 2.94. The molecule has 3 rings (SSSR count). The van der Waals surface area contributed by atoms with Crippen LogP contribution in [0.3, 0.4) is 0 Å². The van der Waals surface area contributed by atoms with Crippen molar-refractivity contribution in [2.75, 3.05) is 5.32 Å². The molecule has 0 saturated heterocycles. The summed E-state index contributed by atoms with van der Waals surface area (Å²) >= 11 is 1.56. The predicted molar refractivity (Wildman–Crippen MR) is 62.4 cm³/mol. The summed E-state index contributed by atoms with van der Waals surface area (Å²) in [5, 5.41) is 10.0. The van der Waals surface area contributed by atoms with E-state index in [1.807, 2.05) is 5.38 Å². The second-order valence-corrected chi connectivity index (χ2v) is 4.34. The third-order valence-corrected chi connectivity index (χ3v) is 2.96. The van der Waals surface area contributed by atoms with Gasteiger partial charge in [-0.3, -0.25) is 0 Å². The van der Waals surface area contributed by atoms with E-state index in [1.165, 1.54) is 16.8 Å². The first-order chi connectivity index (χ1) is 8.31. The molecular weight excluding hydrogens is 241 g/mol. The van der Waals surface area contributed by atoms with Gasteiger partial charge in [-0.1, -0.05) is 0 Å². The first-order valence-electron chi connectivity index (χ1n) is 4.95. The van der Waals surface area contributed by atoms with Crippen LogP contribution in [-0.4, -0.2) is 19.6 Å². The Kier molecular flexibility index (Phi) is 2.45. The van der Waals surface area contributed by atoms with Crippen LogP contribution < -0.4 is 5.32 Å². The van der Waals surface area contributed by atoms with E-state index in [2.05, 4.69) is 20.4 Å². The lowest BCUT2D eigenvalue weighted by molar-refractivity contribution is 0.615. The molecule has 5 nitrogen and oxygen atoms in total. The molecule has 0 aliphatic rings. The summed E-state index contributed by atoms with van der Waals surface area (Å²) in [6.07, 6.45) is 3.03. The molecule has 0 aromatic carbocycles. The second kappa shape index (κ2) is 4.10. The number of thiazole rings is 1. The molecule has 0 amide bonds. The summed E-state index contributed by atoms with van der Waals surface area (Å²) in [7, 11) is 0. The minimum Gasteiger partial charge on any atom is -0.346 e. The van der Waals surface area contributed by atoms with Crippen LogP contribution >= 0.6 is 11.3 Å². The molecule has 0 radical (unpaired) electrons. The fraction of sp³-hybridized carbons (Fsp3) is 0.100. The zero-order valence-corrected chi connectivity index (χ0v) is 9.49. The van der Waals surface area contributed by atoms with Gasteiger partial charge in [-0.05, 0) is 12.1 Å². The highest BCUT2D eigenvalue weighted by Gasteiger charge is 2.04. The zero-order chi connectivity index (χ0) is 11.7. The molecular formula is C10H8FN5S. The zero-order valence-electron chi connectivity index (χ0n) is 8.67. The number of fused-ring (bicyclic) bond motifs is 1. The number of rotatable bonds is 3. The first-order valence-corrected chi connectivity index (χ1v) is 5.83. The Bertz CT molecular complexity index is 633. The number of hydrogen-bond donors (Lipinski definition) is 1. The van der Waals surface area contributed by atoms with Crippen molar-refractivity contribution in [1.82, 2.24) is 19.6 Å². The highest BCUT2D eigenvalue weighted by Crippen LogP contribution is 2.09. The first kappa shape index (κ1) is 10.2. The molecule has 3 heterocycles. The van der Waals surface area contributed by atoms with Crippen molar-refractivity contribution in [3.8, 4) is 0 Å². The number of aromatic nitrogens is 4. The largest absolute Gasteiger partial charge is 0.346 e. The number of hydrogen-bond acceptors (Lipinski definition) is 5. The highest BCUT2D eigenvalue weighted by molar-refractivity contribution is 7.09. The van der Waals surface area contributed by atoms with Gasteiger partial charge in [0, 0.05) is 11.6 Å². The number of anilines is 1. The second-order valence-electron chi connectivity index (χ2n) is 3.36. The van der Waals surface area contributed by atoms with Gasteiger partial charge in [0.25, 0.3) is 0 Å². The number of nitrogens with one attached hydrogen (secondary N) is 1. The summed E-state index contributed by atoms with van der Waals surface area (Å²) < 4.78 is 14.3. The maximum atomic E-state index is 12.9. The smallest absolute Gasteiger partial charge is 0.243 e. The molecule has 3 aromatic heterocycles. The standard InChI is InChI=1S/C10H8FN5S/c11-7-1-2-8-14-10(15-16(8)6-7)13-5-9-12-3-4-17-9/h1-4,6H,5H2,(H,13,15). The number of halogens is 1. The van der Waals surface area contributed by atoms with Crippen molar-refractivity contribution in [2.45, 2.75) is 6.54 Å². The van der Waals surface area contributed by atoms with Crippen molar-refractivity contribution in [3.63, 3.8) is 0 Å². The van der Waals surface area contributed by atoms with Gasteiger partial charge in [-0.2, -0.15) is 4.98 Å². The molecule has 0 aliphatic heterocycles. The summed E-state index contributed by atoms with van der Waals surface area (Å²) in [6.45, 7) is 0.566. The molecule has 7 heteroatoms. The van der Waals surface area contributed by atoms with Crippen LogP contribution in [0.1, 0.15) is 5.01 Å². The van der Waals surface area contributed by atoms with Gasteiger partial charge in [0.1, 0.15) is 10.8 Å². The molecule has 3 aromatic rings. The van der Waals surface area contributed by atoms with Crippen molar-refractivity contribution in [1.29, 1.82) is 0 Å². The Hall–Kier alpha value is -2.02. The van der Waals surface area contributed by atoms with Gasteiger partial charge < -0.3 is 5.32 Å². The summed E-state index contributed by atoms with van der Waals surface area (Å²) in [5.74, 6) is 0.125. The quantitative estimate of drug-likeness (QED) is 0.770. The lowest BCUT2D eigenvalue weighted by Gasteiger charge is -1.95. The van der Waals surface area contributed by atoms with Gasteiger partial charge in [0.05, 0.1) is 12.7 Å². The van der Waals surface area contributed by atoms with Gasteiger partial charge in [-0.25, -0.2) is 13.9 Å². The normalized spacial score (nSPS) is 10.9. The topological polar surface area (TPSA) is 55.1 Å². The van der Waals surface area contributed by atoms with E-state index in [0.29, 0.717) is 18.1 Å². The van der Waals surface area contributed by atoms with E-state index in [4.69, 9.17) is 0 Å². The minimum atomic E-state index is -0.339. The van der Waals surface area contributed by atoms with E-state index < -0.39 is 0 Å². The van der Waals surface area contributed by atoms with E-state index in [9.17, 15) is 4.39 Å². The van der Waals surface area contributed by atoms with Crippen molar-refractivity contribution >= 4 is 22.9 Å². The molecule has 1 N–H and O–H groups in total. The maximum absolute atomic E-state index is 12.9.